The van der Waals surface area contributed by atoms with Crippen molar-refractivity contribution in [2.24, 2.45) is 0 Å². The van der Waals surface area contributed by atoms with Crippen molar-refractivity contribution in [3.8, 4) is 0 Å². The maximum Gasteiger partial charge on any atom is 0.302 e. The van der Waals surface area contributed by atoms with E-state index >= 15 is 0 Å². The molecule has 3 nitrogen and oxygen atoms in total. The first kappa shape index (κ1) is 13.7. The minimum Gasteiger partial charge on any atom is -0.465 e. The summed E-state index contributed by atoms with van der Waals surface area (Å²) in [7, 11) is 0. The van der Waals surface area contributed by atoms with Crippen molar-refractivity contribution in [2.45, 2.75) is 32.1 Å². The van der Waals surface area contributed by atoms with Crippen LogP contribution in [0.3, 0.4) is 0 Å². The fourth-order valence-electron chi connectivity index (χ4n) is 1.79. The number of unbranched alkanes of at least 4 members (excludes halogenated alkanes) is 1. The zero-order valence-corrected chi connectivity index (χ0v) is 10.3. The van der Waals surface area contributed by atoms with E-state index in [2.05, 4.69) is 0 Å². The van der Waals surface area contributed by atoms with Crippen molar-refractivity contribution in [2.75, 3.05) is 13.2 Å². The standard InChI is InChI=1S/C14H20O3/c1-12(16)17-11-14(9-5-6-10-15)13-7-3-2-4-8-13/h2-4,7-8,14-15H,5-6,9-11H2,1H3/t14-/m0/s1. The van der Waals surface area contributed by atoms with Gasteiger partial charge in [-0.2, -0.15) is 0 Å². The lowest BCUT2D eigenvalue weighted by Crippen LogP contribution is -2.11. The molecule has 0 fully saturated rings. The average Bonchev–Trinajstić information content (AvgIpc) is 2.34. The molecule has 0 heterocycles. The molecule has 3 heteroatoms. The van der Waals surface area contributed by atoms with Crippen LogP contribution in [0.15, 0.2) is 30.3 Å². The molecule has 94 valence electrons. The summed E-state index contributed by atoms with van der Waals surface area (Å²) in [6.45, 7) is 2.07. The lowest BCUT2D eigenvalue weighted by molar-refractivity contribution is -0.141. The van der Waals surface area contributed by atoms with E-state index in [1.54, 1.807) is 0 Å². The van der Waals surface area contributed by atoms with Gasteiger partial charge >= 0.3 is 5.97 Å². The van der Waals surface area contributed by atoms with Crippen molar-refractivity contribution >= 4 is 5.97 Å². The number of hydrogen-bond donors (Lipinski definition) is 1. The predicted octanol–water partition coefficient (Wildman–Crippen LogP) is 2.50. The molecule has 0 aliphatic heterocycles. The van der Waals surface area contributed by atoms with Gasteiger partial charge in [-0.3, -0.25) is 4.79 Å². The van der Waals surface area contributed by atoms with Gasteiger partial charge in [0.15, 0.2) is 0 Å². The lowest BCUT2D eigenvalue weighted by Gasteiger charge is -2.16. The highest BCUT2D eigenvalue weighted by molar-refractivity contribution is 5.65. The van der Waals surface area contributed by atoms with Crippen LogP contribution in [0.5, 0.6) is 0 Å². The molecule has 0 radical (unpaired) electrons. The molecule has 0 unspecified atom stereocenters. The van der Waals surface area contributed by atoms with Crippen LogP contribution in [0.25, 0.3) is 0 Å². The van der Waals surface area contributed by atoms with Gasteiger partial charge in [-0.25, -0.2) is 0 Å². The number of carbonyl (C=O) groups excluding carboxylic acids is 1. The largest absolute Gasteiger partial charge is 0.465 e. The van der Waals surface area contributed by atoms with Crippen molar-refractivity contribution in [3.05, 3.63) is 35.9 Å². The summed E-state index contributed by atoms with van der Waals surface area (Å²) in [6, 6.07) is 10.0. The normalized spacial score (nSPS) is 12.1. The SMILES string of the molecule is CC(=O)OC[C@H](CCCCO)c1ccccc1. The summed E-state index contributed by atoms with van der Waals surface area (Å²) < 4.78 is 5.09. The van der Waals surface area contributed by atoms with Crippen LogP contribution in [0.1, 0.15) is 37.7 Å². The van der Waals surface area contributed by atoms with Gasteiger partial charge in [0.05, 0.1) is 6.61 Å². The van der Waals surface area contributed by atoms with Gasteiger partial charge in [-0.15, -0.1) is 0 Å². The first-order valence-corrected chi connectivity index (χ1v) is 6.03. The molecule has 17 heavy (non-hydrogen) atoms. The van der Waals surface area contributed by atoms with Gasteiger partial charge in [-0.05, 0) is 18.4 Å². The second-order valence-electron chi connectivity index (χ2n) is 4.13. The van der Waals surface area contributed by atoms with Gasteiger partial charge < -0.3 is 9.84 Å². The maximum atomic E-state index is 10.8. The number of hydrogen-bond acceptors (Lipinski definition) is 3. The summed E-state index contributed by atoms with van der Waals surface area (Å²) >= 11 is 0. The first-order valence-electron chi connectivity index (χ1n) is 6.03. The first-order chi connectivity index (χ1) is 8.24. The fourth-order valence-corrected chi connectivity index (χ4v) is 1.79. The second kappa shape index (κ2) is 7.85. The molecule has 1 aromatic rings. The van der Waals surface area contributed by atoms with Crippen LogP contribution in [0.4, 0.5) is 0 Å². The zero-order chi connectivity index (χ0) is 12.5. The number of aliphatic hydroxyl groups excluding tert-OH is 1. The molecule has 0 saturated heterocycles. The summed E-state index contributed by atoms with van der Waals surface area (Å²) in [5, 5.41) is 8.78. The number of carbonyl (C=O) groups is 1. The van der Waals surface area contributed by atoms with E-state index in [0.717, 1.165) is 19.3 Å². The molecule has 1 rings (SSSR count). The Morgan fingerprint density at radius 2 is 2.00 bits per heavy atom. The Balaban J connectivity index is 2.55. The van der Waals surface area contributed by atoms with Crippen LogP contribution in [-0.2, 0) is 9.53 Å². The van der Waals surface area contributed by atoms with E-state index in [0.29, 0.717) is 6.61 Å². The van der Waals surface area contributed by atoms with Gasteiger partial charge in [-0.1, -0.05) is 36.8 Å². The van der Waals surface area contributed by atoms with Crippen molar-refractivity contribution in [1.29, 1.82) is 0 Å². The summed E-state index contributed by atoms with van der Waals surface area (Å²) in [6.07, 6.45) is 2.67. The molecule has 0 aliphatic carbocycles. The third-order valence-corrected chi connectivity index (χ3v) is 2.72. The Bertz CT molecular complexity index is 321. The second-order valence-corrected chi connectivity index (χ2v) is 4.13. The van der Waals surface area contributed by atoms with Gasteiger partial charge in [0.1, 0.15) is 0 Å². The Kier molecular flexibility index (Phi) is 6.33. The van der Waals surface area contributed by atoms with Crippen molar-refractivity contribution in [1.82, 2.24) is 0 Å². The number of ether oxygens (including phenoxy) is 1. The van der Waals surface area contributed by atoms with Gasteiger partial charge in [0.25, 0.3) is 0 Å². The van der Waals surface area contributed by atoms with E-state index in [4.69, 9.17) is 9.84 Å². The smallest absolute Gasteiger partial charge is 0.302 e. The molecule has 1 N–H and O–H groups in total. The summed E-state index contributed by atoms with van der Waals surface area (Å²) in [5.74, 6) is -0.0141. The number of rotatable bonds is 7. The molecular formula is C14H20O3. The fraction of sp³-hybridized carbons (Fsp3) is 0.500. The third kappa shape index (κ3) is 5.50. The Hall–Kier alpha value is -1.35. The molecule has 0 spiro atoms. The molecule has 1 aromatic carbocycles. The maximum absolute atomic E-state index is 10.8. The highest BCUT2D eigenvalue weighted by Crippen LogP contribution is 2.22. The van der Waals surface area contributed by atoms with Crippen LogP contribution in [0.2, 0.25) is 0 Å². The van der Waals surface area contributed by atoms with Crippen molar-refractivity contribution in [3.63, 3.8) is 0 Å². The summed E-state index contributed by atoms with van der Waals surface area (Å²) in [5.41, 5.74) is 1.19. The Labute approximate surface area is 102 Å². The number of esters is 1. The van der Waals surface area contributed by atoms with E-state index in [1.807, 2.05) is 30.3 Å². The van der Waals surface area contributed by atoms with Crippen LogP contribution < -0.4 is 0 Å². The molecule has 0 aliphatic rings. The highest BCUT2D eigenvalue weighted by atomic mass is 16.5. The third-order valence-electron chi connectivity index (χ3n) is 2.72. The minimum atomic E-state index is -0.243. The van der Waals surface area contributed by atoms with Crippen molar-refractivity contribution < 1.29 is 14.6 Å². The topological polar surface area (TPSA) is 46.5 Å². The molecule has 0 aromatic heterocycles. The molecule has 1 atom stereocenters. The number of aliphatic hydroxyl groups is 1. The van der Waals surface area contributed by atoms with E-state index in [1.165, 1.54) is 12.5 Å². The summed E-state index contributed by atoms with van der Waals surface area (Å²) in [4.78, 5) is 10.8. The van der Waals surface area contributed by atoms with Crippen LogP contribution in [0, 0.1) is 0 Å². The molecule has 0 bridgehead atoms. The average molecular weight is 236 g/mol. The van der Waals surface area contributed by atoms with Gasteiger partial charge in [0.2, 0.25) is 0 Å². The lowest BCUT2D eigenvalue weighted by atomic mass is 9.94. The van der Waals surface area contributed by atoms with Gasteiger partial charge in [0, 0.05) is 19.4 Å². The quantitative estimate of drug-likeness (QED) is 0.584. The Morgan fingerprint density at radius 3 is 2.59 bits per heavy atom. The van der Waals surface area contributed by atoms with E-state index < -0.39 is 0 Å². The van der Waals surface area contributed by atoms with E-state index in [-0.39, 0.29) is 18.5 Å². The van der Waals surface area contributed by atoms with Crippen LogP contribution in [-0.4, -0.2) is 24.3 Å². The zero-order valence-electron chi connectivity index (χ0n) is 10.3. The number of benzene rings is 1. The minimum absolute atomic E-state index is 0.217. The monoisotopic (exact) mass is 236 g/mol. The predicted molar refractivity (Wildman–Crippen MR) is 66.8 cm³/mol. The highest BCUT2D eigenvalue weighted by Gasteiger charge is 2.12. The van der Waals surface area contributed by atoms with Crippen LogP contribution >= 0.6 is 0 Å². The molecule has 0 saturated carbocycles. The molecular weight excluding hydrogens is 216 g/mol. The molecule has 0 amide bonds. The van der Waals surface area contributed by atoms with E-state index in [9.17, 15) is 4.79 Å². The Morgan fingerprint density at radius 1 is 1.29 bits per heavy atom.